The second-order valence-corrected chi connectivity index (χ2v) is 3.46. The minimum absolute atomic E-state index is 0.297. The lowest BCUT2D eigenvalue weighted by Gasteiger charge is -2.22. The second kappa shape index (κ2) is 6.23. The van der Waals surface area contributed by atoms with Crippen molar-refractivity contribution in [1.29, 1.82) is 0 Å². The Kier molecular flexibility index (Phi) is 5.69. The number of methoxy groups -OCH3 is 2. The van der Waals surface area contributed by atoms with Crippen molar-refractivity contribution >= 4 is 12.0 Å². The first-order valence-electron chi connectivity index (χ1n) is 4.50. The fourth-order valence-corrected chi connectivity index (χ4v) is 0.716. The van der Waals surface area contributed by atoms with Crippen LogP contribution in [0, 0.1) is 0 Å². The molecule has 88 valence electrons. The molecule has 0 radical (unpaired) electrons. The van der Waals surface area contributed by atoms with Crippen LogP contribution < -0.4 is 5.32 Å². The molecule has 6 heteroatoms. The predicted octanol–water partition coefficient (Wildman–Crippen LogP) is 1.12. The van der Waals surface area contributed by atoms with Gasteiger partial charge in [0.2, 0.25) is 5.90 Å². The lowest BCUT2D eigenvalue weighted by Crippen LogP contribution is -2.27. The van der Waals surface area contributed by atoms with Crippen LogP contribution in [0.2, 0.25) is 0 Å². The van der Waals surface area contributed by atoms with Gasteiger partial charge in [0.15, 0.2) is 0 Å². The van der Waals surface area contributed by atoms with Crippen LogP contribution in [-0.4, -0.2) is 38.9 Å². The van der Waals surface area contributed by atoms with Crippen LogP contribution in [-0.2, 0) is 14.3 Å². The van der Waals surface area contributed by atoms with E-state index in [2.05, 4.69) is 15.3 Å². The van der Waals surface area contributed by atoms with Gasteiger partial charge >= 0.3 is 6.09 Å². The Morgan fingerprint density at radius 3 is 2.40 bits per heavy atom. The van der Waals surface area contributed by atoms with Crippen molar-refractivity contribution in [2.45, 2.75) is 25.9 Å². The minimum atomic E-state index is -0.639. The minimum Gasteiger partial charge on any atom is -0.482 e. The molecule has 0 aromatic carbocycles. The van der Waals surface area contributed by atoms with Gasteiger partial charge in [-0.3, -0.25) is 4.84 Å². The van der Waals surface area contributed by atoms with Gasteiger partial charge in [-0.25, -0.2) is 4.79 Å². The summed E-state index contributed by atoms with van der Waals surface area (Å²) in [4.78, 5) is 15.2. The molecule has 15 heavy (non-hydrogen) atoms. The fourth-order valence-electron chi connectivity index (χ4n) is 0.716. The third-order valence-corrected chi connectivity index (χ3v) is 1.80. The molecule has 0 aromatic heterocycles. The Balaban J connectivity index is 4.30. The Bertz CT molecular complexity index is 238. The molecule has 0 rings (SSSR count). The smallest absolute Gasteiger partial charge is 0.433 e. The van der Waals surface area contributed by atoms with Gasteiger partial charge in [0.25, 0.3) is 0 Å². The summed E-state index contributed by atoms with van der Waals surface area (Å²) >= 11 is 0. The van der Waals surface area contributed by atoms with Crippen molar-refractivity contribution in [1.82, 2.24) is 5.32 Å². The number of hydrogen-bond acceptors (Lipinski definition) is 5. The molecule has 0 aliphatic heterocycles. The standard InChI is InChI=1S/C9H18N2O4/c1-9(2,14-5)6-7(13-4)11-15-8(12)10-3/h6H2,1-5H3,(H,10,12). The van der Waals surface area contributed by atoms with Crippen molar-refractivity contribution in [2.24, 2.45) is 5.16 Å². The number of rotatable bonds is 4. The highest BCUT2D eigenvalue weighted by Crippen LogP contribution is 2.14. The lowest BCUT2D eigenvalue weighted by molar-refractivity contribution is 0.0241. The monoisotopic (exact) mass is 218 g/mol. The number of carbonyl (C=O) groups is 1. The van der Waals surface area contributed by atoms with Gasteiger partial charge in [0.1, 0.15) is 0 Å². The first kappa shape index (κ1) is 13.7. The third kappa shape index (κ3) is 5.90. The molecule has 1 N–H and O–H groups in total. The quantitative estimate of drug-likeness (QED) is 0.332. The van der Waals surface area contributed by atoms with Gasteiger partial charge in [0.05, 0.1) is 19.1 Å². The summed E-state index contributed by atoms with van der Waals surface area (Å²) in [7, 11) is 4.49. The van der Waals surface area contributed by atoms with Gasteiger partial charge in [-0.2, -0.15) is 0 Å². The molecule has 0 atom stereocenters. The molecule has 0 fully saturated rings. The third-order valence-electron chi connectivity index (χ3n) is 1.80. The zero-order valence-electron chi connectivity index (χ0n) is 9.79. The summed E-state index contributed by atoms with van der Waals surface area (Å²) in [6.45, 7) is 3.75. The SMILES string of the molecule is CNC(=O)ON=C(CC(C)(C)OC)OC. The topological polar surface area (TPSA) is 69.2 Å². The molecular formula is C9H18N2O4. The maximum absolute atomic E-state index is 10.7. The van der Waals surface area contributed by atoms with Crippen molar-refractivity contribution in [3.8, 4) is 0 Å². The maximum Gasteiger partial charge on any atom is 0.433 e. The van der Waals surface area contributed by atoms with E-state index in [0.717, 1.165) is 0 Å². The van der Waals surface area contributed by atoms with E-state index in [4.69, 9.17) is 9.47 Å². The van der Waals surface area contributed by atoms with E-state index in [0.29, 0.717) is 12.3 Å². The molecule has 0 bridgehead atoms. The summed E-state index contributed by atoms with van der Waals surface area (Å²) < 4.78 is 10.1. The Morgan fingerprint density at radius 2 is 2.00 bits per heavy atom. The number of carbonyl (C=O) groups excluding carboxylic acids is 1. The molecule has 0 aliphatic rings. The van der Waals surface area contributed by atoms with Crippen LogP contribution in [0.25, 0.3) is 0 Å². The first-order chi connectivity index (χ1) is 6.95. The molecular weight excluding hydrogens is 200 g/mol. The van der Waals surface area contributed by atoms with E-state index in [1.165, 1.54) is 14.2 Å². The highest BCUT2D eigenvalue weighted by Gasteiger charge is 2.21. The van der Waals surface area contributed by atoms with Crippen molar-refractivity contribution in [3.05, 3.63) is 0 Å². The van der Waals surface area contributed by atoms with E-state index in [-0.39, 0.29) is 0 Å². The number of hydrogen-bond donors (Lipinski definition) is 1. The fraction of sp³-hybridized carbons (Fsp3) is 0.778. The molecule has 6 nitrogen and oxygen atoms in total. The van der Waals surface area contributed by atoms with E-state index < -0.39 is 11.7 Å². The van der Waals surface area contributed by atoms with E-state index in [1.54, 1.807) is 7.11 Å². The van der Waals surface area contributed by atoms with Crippen LogP contribution in [0.5, 0.6) is 0 Å². The molecule has 0 aliphatic carbocycles. The average Bonchev–Trinajstić information content (AvgIpc) is 2.23. The van der Waals surface area contributed by atoms with Crippen LogP contribution >= 0.6 is 0 Å². The number of amides is 1. The van der Waals surface area contributed by atoms with Crippen molar-refractivity contribution < 1.29 is 19.1 Å². The summed E-state index contributed by atoms with van der Waals surface area (Å²) in [6.07, 6.45) is -0.225. The highest BCUT2D eigenvalue weighted by atomic mass is 16.7. The van der Waals surface area contributed by atoms with Gasteiger partial charge in [0, 0.05) is 14.2 Å². The van der Waals surface area contributed by atoms with Gasteiger partial charge in [-0.05, 0) is 19.0 Å². The van der Waals surface area contributed by atoms with E-state index in [9.17, 15) is 4.79 Å². The molecule has 0 aromatic rings. The first-order valence-corrected chi connectivity index (χ1v) is 4.50. The van der Waals surface area contributed by atoms with Crippen LogP contribution in [0.15, 0.2) is 5.16 Å². The zero-order valence-corrected chi connectivity index (χ0v) is 9.79. The summed E-state index contributed by atoms with van der Waals surface area (Å²) in [5.41, 5.74) is -0.416. The average molecular weight is 218 g/mol. The summed E-state index contributed by atoms with van der Waals surface area (Å²) in [5.74, 6) is 0.297. The van der Waals surface area contributed by atoms with E-state index in [1.807, 2.05) is 13.8 Å². The van der Waals surface area contributed by atoms with Gasteiger partial charge < -0.3 is 14.8 Å². The van der Waals surface area contributed by atoms with Crippen LogP contribution in [0.1, 0.15) is 20.3 Å². The van der Waals surface area contributed by atoms with Gasteiger partial charge in [-0.15, -0.1) is 0 Å². The Morgan fingerprint density at radius 1 is 1.40 bits per heavy atom. The van der Waals surface area contributed by atoms with Crippen LogP contribution in [0.3, 0.4) is 0 Å². The summed E-state index contributed by atoms with van der Waals surface area (Å²) in [6, 6.07) is 0. The molecule has 0 unspecified atom stereocenters. The normalized spacial score (nSPS) is 12.2. The highest BCUT2D eigenvalue weighted by molar-refractivity contribution is 5.77. The number of nitrogens with one attached hydrogen (secondary N) is 1. The molecule has 0 saturated carbocycles. The van der Waals surface area contributed by atoms with Crippen molar-refractivity contribution in [3.63, 3.8) is 0 Å². The number of ether oxygens (including phenoxy) is 2. The van der Waals surface area contributed by atoms with Crippen LogP contribution in [0.4, 0.5) is 4.79 Å². The molecule has 0 heterocycles. The van der Waals surface area contributed by atoms with Crippen molar-refractivity contribution in [2.75, 3.05) is 21.3 Å². The number of oxime groups is 1. The second-order valence-electron chi connectivity index (χ2n) is 3.46. The maximum atomic E-state index is 10.7. The van der Waals surface area contributed by atoms with E-state index >= 15 is 0 Å². The molecule has 1 amide bonds. The zero-order chi connectivity index (χ0) is 11.9. The van der Waals surface area contributed by atoms with Gasteiger partial charge in [-0.1, -0.05) is 0 Å². The molecule has 0 spiro atoms. The lowest BCUT2D eigenvalue weighted by atomic mass is 10.1. The Labute approximate surface area is 89.6 Å². The summed E-state index contributed by atoms with van der Waals surface area (Å²) in [5, 5.41) is 5.81. The number of nitrogens with zero attached hydrogens (tertiary/aromatic N) is 1. The predicted molar refractivity (Wildman–Crippen MR) is 55.7 cm³/mol. The largest absolute Gasteiger partial charge is 0.482 e. The Hall–Kier alpha value is -1.30. The molecule has 0 saturated heterocycles.